The Morgan fingerprint density at radius 3 is 2.82 bits per heavy atom. The van der Waals surface area contributed by atoms with Gasteiger partial charge < -0.3 is 19.8 Å². The van der Waals surface area contributed by atoms with E-state index < -0.39 is 0 Å². The zero-order valence-electron chi connectivity index (χ0n) is 13.0. The van der Waals surface area contributed by atoms with Gasteiger partial charge in [-0.2, -0.15) is 0 Å². The van der Waals surface area contributed by atoms with Crippen LogP contribution in [-0.2, 0) is 11.3 Å². The van der Waals surface area contributed by atoms with Crippen LogP contribution in [0.1, 0.15) is 12.6 Å². The lowest BCUT2D eigenvalue weighted by atomic mass is 10.2. The van der Waals surface area contributed by atoms with Crippen molar-refractivity contribution in [2.45, 2.75) is 13.5 Å². The van der Waals surface area contributed by atoms with Gasteiger partial charge in [-0.1, -0.05) is 18.2 Å². The number of aliphatic imine (C=N–C) groups is 1. The second kappa shape index (κ2) is 8.84. The number of hydrogen-bond donors (Lipinski definition) is 2. The minimum absolute atomic E-state index is 0.457. The topological polar surface area (TPSA) is 71.7 Å². The van der Waals surface area contributed by atoms with Crippen molar-refractivity contribution in [2.24, 2.45) is 4.99 Å². The molecule has 2 N–H and O–H groups in total. The van der Waals surface area contributed by atoms with Crippen LogP contribution < -0.4 is 10.6 Å². The number of nitrogens with one attached hydrogen (secondary N) is 2. The predicted molar refractivity (Wildman–Crippen MR) is 86.6 cm³/mol. The molecule has 6 nitrogen and oxygen atoms in total. The Balaban J connectivity index is 1.97. The lowest BCUT2D eigenvalue weighted by Crippen LogP contribution is -2.38. The molecule has 2 aromatic rings. The van der Waals surface area contributed by atoms with Gasteiger partial charge in [-0.05, 0) is 19.1 Å². The van der Waals surface area contributed by atoms with Gasteiger partial charge in [0.1, 0.15) is 12.0 Å². The standard InChI is InChI=1S/C16H22N4O2/c1-3-17-16(18-9-10-21-2)19-11-14-12-22-15(20-14)13-7-5-4-6-8-13/h4-8,12H,3,9-11H2,1-2H3,(H2,17,18,19). The van der Waals surface area contributed by atoms with Crippen LogP contribution in [0.25, 0.3) is 11.5 Å². The lowest BCUT2D eigenvalue weighted by Gasteiger charge is -2.10. The van der Waals surface area contributed by atoms with Crippen molar-refractivity contribution in [2.75, 3.05) is 26.8 Å². The maximum atomic E-state index is 5.50. The largest absolute Gasteiger partial charge is 0.444 e. The van der Waals surface area contributed by atoms with E-state index in [1.807, 2.05) is 37.3 Å². The van der Waals surface area contributed by atoms with Crippen LogP contribution in [0.3, 0.4) is 0 Å². The van der Waals surface area contributed by atoms with E-state index in [4.69, 9.17) is 9.15 Å². The van der Waals surface area contributed by atoms with Gasteiger partial charge in [-0.15, -0.1) is 0 Å². The lowest BCUT2D eigenvalue weighted by molar-refractivity contribution is 0.203. The smallest absolute Gasteiger partial charge is 0.226 e. The Kier molecular flexibility index (Phi) is 6.44. The molecule has 1 heterocycles. The molecular weight excluding hydrogens is 280 g/mol. The van der Waals surface area contributed by atoms with Crippen LogP contribution >= 0.6 is 0 Å². The van der Waals surface area contributed by atoms with Crippen LogP contribution in [0.2, 0.25) is 0 Å². The van der Waals surface area contributed by atoms with Crippen LogP contribution in [0, 0.1) is 0 Å². The number of rotatable bonds is 7. The first kappa shape index (κ1) is 16.0. The highest BCUT2D eigenvalue weighted by Gasteiger charge is 2.06. The Labute approximate surface area is 130 Å². The van der Waals surface area contributed by atoms with Gasteiger partial charge in [0.15, 0.2) is 5.96 Å². The molecule has 0 saturated carbocycles. The first-order valence-corrected chi connectivity index (χ1v) is 7.34. The van der Waals surface area contributed by atoms with E-state index in [1.54, 1.807) is 13.4 Å². The van der Waals surface area contributed by atoms with Gasteiger partial charge in [0.05, 0.1) is 13.2 Å². The quantitative estimate of drug-likeness (QED) is 0.465. The van der Waals surface area contributed by atoms with Crippen molar-refractivity contribution in [3.05, 3.63) is 42.3 Å². The predicted octanol–water partition coefficient (Wildman–Crippen LogP) is 2.04. The van der Waals surface area contributed by atoms with Crippen molar-refractivity contribution in [3.63, 3.8) is 0 Å². The fourth-order valence-corrected chi connectivity index (χ4v) is 1.87. The fraction of sp³-hybridized carbons (Fsp3) is 0.375. The molecule has 0 radical (unpaired) electrons. The Morgan fingerprint density at radius 1 is 1.27 bits per heavy atom. The van der Waals surface area contributed by atoms with E-state index in [0.717, 1.165) is 23.8 Å². The van der Waals surface area contributed by atoms with E-state index in [9.17, 15) is 0 Å². The van der Waals surface area contributed by atoms with Crippen molar-refractivity contribution >= 4 is 5.96 Å². The molecule has 0 bridgehead atoms. The fourth-order valence-electron chi connectivity index (χ4n) is 1.87. The molecule has 0 aliphatic heterocycles. The number of methoxy groups -OCH3 is 1. The second-order valence-corrected chi connectivity index (χ2v) is 4.62. The first-order valence-electron chi connectivity index (χ1n) is 7.34. The maximum absolute atomic E-state index is 5.50. The van der Waals surface area contributed by atoms with Crippen LogP contribution in [-0.4, -0.2) is 37.7 Å². The highest BCUT2D eigenvalue weighted by atomic mass is 16.5. The van der Waals surface area contributed by atoms with Gasteiger partial charge in [-0.3, -0.25) is 0 Å². The van der Waals surface area contributed by atoms with Gasteiger partial charge in [0, 0.05) is 25.8 Å². The SMILES string of the molecule is CCNC(=NCc1coc(-c2ccccc2)n1)NCCOC. The normalized spacial score (nSPS) is 11.5. The van der Waals surface area contributed by atoms with Gasteiger partial charge >= 0.3 is 0 Å². The van der Waals surface area contributed by atoms with Crippen LogP contribution in [0.15, 0.2) is 46.0 Å². The zero-order valence-corrected chi connectivity index (χ0v) is 13.0. The maximum Gasteiger partial charge on any atom is 0.226 e. The monoisotopic (exact) mass is 302 g/mol. The summed E-state index contributed by atoms with van der Waals surface area (Å²) in [6.45, 7) is 4.62. The minimum atomic E-state index is 0.457. The summed E-state index contributed by atoms with van der Waals surface area (Å²) in [5.74, 6) is 1.35. The minimum Gasteiger partial charge on any atom is -0.444 e. The number of ether oxygens (including phenoxy) is 1. The van der Waals surface area contributed by atoms with E-state index in [2.05, 4.69) is 20.6 Å². The summed E-state index contributed by atoms with van der Waals surface area (Å²) in [7, 11) is 1.67. The van der Waals surface area contributed by atoms with Crippen molar-refractivity contribution < 1.29 is 9.15 Å². The summed E-state index contributed by atoms with van der Waals surface area (Å²) in [6.07, 6.45) is 1.64. The molecule has 0 aliphatic rings. The molecule has 0 unspecified atom stereocenters. The van der Waals surface area contributed by atoms with E-state index in [0.29, 0.717) is 25.6 Å². The first-order chi connectivity index (χ1) is 10.8. The summed E-state index contributed by atoms with van der Waals surface area (Å²) < 4.78 is 10.5. The molecule has 0 amide bonds. The highest BCUT2D eigenvalue weighted by Crippen LogP contribution is 2.18. The van der Waals surface area contributed by atoms with Crippen LogP contribution in [0.5, 0.6) is 0 Å². The third kappa shape index (κ3) is 4.89. The summed E-state index contributed by atoms with van der Waals surface area (Å²) in [5.41, 5.74) is 1.76. The summed E-state index contributed by atoms with van der Waals surface area (Å²) in [5, 5.41) is 6.36. The molecule has 22 heavy (non-hydrogen) atoms. The zero-order chi connectivity index (χ0) is 15.6. The molecule has 0 atom stereocenters. The summed E-state index contributed by atoms with van der Waals surface area (Å²) in [6, 6.07) is 9.82. The van der Waals surface area contributed by atoms with E-state index in [1.165, 1.54) is 0 Å². The molecule has 2 rings (SSSR count). The van der Waals surface area contributed by atoms with Crippen molar-refractivity contribution in [3.8, 4) is 11.5 Å². The number of aromatic nitrogens is 1. The summed E-state index contributed by atoms with van der Waals surface area (Å²) >= 11 is 0. The highest BCUT2D eigenvalue weighted by molar-refractivity contribution is 5.79. The van der Waals surface area contributed by atoms with Crippen molar-refractivity contribution in [1.82, 2.24) is 15.6 Å². The average molecular weight is 302 g/mol. The number of oxazole rings is 1. The second-order valence-electron chi connectivity index (χ2n) is 4.62. The van der Waals surface area contributed by atoms with Crippen molar-refractivity contribution in [1.29, 1.82) is 0 Å². The molecular formula is C16H22N4O2. The number of nitrogens with zero attached hydrogens (tertiary/aromatic N) is 2. The van der Waals surface area contributed by atoms with Gasteiger partial charge in [-0.25, -0.2) is 9.98 Å². The molecule has 6 heteroatoms. The molecule has 1 aromatic heterocycles. The third-order valence-corrected chi connectivity index (χ3v) is 2.91. The number of guanidine groups is 1. The average Bonchev–Trinajstić information content (AvgIpc) is 3.03. The Hall–Kier alpha value is -2.34. The Morgan fingerprint density at radius 2 is 2.09 bits per heavy atom. The number of benzene rings is 1. The molecule has 118 valence electrons. The third-order valence-electron chi connectivity index (χ3n) is 2.91. The molecule has 0 fully saturated rings. The molecule has 0 saturated heterocycles. The summed E-state index contributed by atoms with van der Waals surface area (Å²) in [4.78, 5) is 8.93. The molecule has 0 spiro atoms. The number of hydrogen-bond acceptors (Lipinski definition) is 4. The van der Waals surface area contributed by atoms with Gasteiger partial charge in [0.2, 0.25) is 5.89 Å². The van der Waals surface area contributed by atoms with E-state index in [-0.39, 0.29) is 0 Å². The van der Waals surface area contributed by atoms with E-state index >= 15 is 0 Å². The molecule has 0 aliphatic carbocycles. The van der Waals surface area contributed by atoms with Gasteiger partial charge in [0.25, 0.3) is 0 Å². The van der Waals surface area contributed by atoms with Crippen LogP contribution in [0.4, 0.5) is 0 Å². The Bertz CT molecular complexity index is 581. The molecule has 1 aromatic carbocycles.